The van der Waals surface area contributed by atoms with Crippen molar-refractivity contribution in [2.75, 3.05) is 23.7 Å². The van der Waals surface area contributed by atoms with Crippen LogP contribution in [0.2, 0.25) is 5.02 Å². The number of anilines is 2. The zero-order valence-electron chi connectivity index (χ0n) is 11.4. The maximum absolute atomic E-state index is 6.06. The van der Waals surface area contributed by atoms with E-state index in [2.05, 4.69) is 18.7 Å². The molecule has 0 bridgehead atoms. The van der Waals surface area contributed by atoms with Crippen LogP contribution in [0.15, 0.2) is 18.2 Å². The lowest BCUT2D eigenvalue weighted by Gasteiger charge is -2.42. The summed E-state index contributed by atoms with van der Waals surface area (Å²) in [4.78, 5) is 2.40. The van der Waals surface area contributed by atoms with Crippen LogP contribution in [0.3, 0.4) is 0 Å². The Morgan fingerprint density at radius 3 is 2.33 bits per heavy atom. The smallest absolute Gasteiger partial charge is 0.0600 e. The van der Waals surface area contributed by atoms with E-state index in [-0.39, 0.29) is 0 Å². The van der Waals surface area contributed by atoms with Crippen molar-refractivity contribution in [2.24, 2.45) is 5.41 Å². The van der Waals surface area contributed by atoms with Gasteiger partial charge in [-0.2, -0.15) is 0 Å². The summed E-state index contributed by atoms with van der Waals surface area (Å²) in [7, 11) is 0. The first-order valence-electron chi connectivity index (χ1n) is 6.90. The SMILES string of the molecule is CCC1(CC)CCN(c2ccc(Cl)cc2N)CC1. The monoisotopic (exact) mass is 266 g/mol. The van der Waals surface area contributed by atoms with Gasteiger partial charge >= 0.3 is 0 Å². The highest BCUT2D eigenvalue weighted by Gasteiger charge is 2.31. The molecule has 100 valence electrons. The van der Waals surface area contributed by atoms with Gasteiger partial charge in [-0.1, -0.05) is 38.3 Å². The van der Waals surface area contributed by atoms with E-state index in [9.17, 15) is 0 Å². The lowest BCUT2D eigenvalue weighted by atomic mass is 9.74. The van der Waals surface area contributed by atoms with Crippen molar-refractivity contribution in [3.8, 4) is 0 Å². The lowest BCUT2D eigenvalue weighted by molar-refractivity contribution is 0.199. The van der Waals surface area contributed by atoms with Crippen molar-refractivity contribution < 1.29 is 0 Å². The molecule has 1 aliphatic heterocycles. The van der Waals surface area contributed by atoms with Gasteiger partial charge in [0.1, 0.15) is 0 Å². The average Bonchev–Trinajstić information content (AvgIpc) is 2.39. The molecule has 0 unspecified atom stereocenters. The molecule has 1 aliphatic rings. The first kappa shape index (κ1) is 13.5. The van der Waals surface area contributed by atoms with Crippen LogP contribution in [0.1, 0.15) is 39.5 Å². The summed E-state index contributed by atoms with van der Waals surface area (Å²) in [5.41, 5.74) is 8.55. The Hall–Kier alpha value is -0.890. The first-order chi connectivity index (χ1) is 8.60. The van der Waals surface area contributed by atoms with Crippen molar-refractivity contribution in [1.82, 2.24) is 0 Å². The minimum atomic E-state index is 0.553. The van der Waals surface area contributed by atoms with E-state index in [0.29, 0.717) is 10.4 Å². The Kier molecular flexibility index (Phi) is 4.06. The zero-order valence-corrected chi connectivity index (χ0v) is 12.1. The number of hydrogen-bond acceptors (Lipinski definition) is 2. The molecule has 1 heterocycles. The van der Waals surface area contributed by atoms with Crippen LogP contribution in [0.5, 0.6) is 0 Å². The summed E-state index contributed by atoms with van der Waals surface area (Å²) in [5.74, 6) is 0. The van der Waals surface area contributed by atoms with Crippen molar-refractivity contribution in [1.29, 1.82) is 0 Å². The minimum Gasteiger partial charge on any atom is -0.397 e. The predicted molar refractivity (Wildman–Crippen MR) is 80.3 cm³/mol. The molecule has 1 fully saturated rings. The standard InChI is InChI=1S/C15H23ClN2/c1-3-15(4-2)7-9-18(10-8-15)14-6-5-12(16)11-13(14)17/h5-6,11H,3-4,7-10,17H2,1-2H3. The molecule has 0 spiro atoms. The Morgan fingerprint density at radius 2 is 1.83 bits per heavy atom. The number of nitrogens with zero attached hydrogens (tertiary/aromatic N) is 1. The van der Waals surface area contributed by atoms with Gasteiger partial charge < -0.3 is 10.6 Å². The number of nitrogens with two attached hydrogens (primary N) is 1. The van der Waals surface area contributed by atoms with E-state index in [0.717, 1.165) is 24.5 Å². The Morgan fingerprint density at radius 1 is 1.22 bits per heavy atom. The molecule has 1 aromatic carbocycles. The van der Waals surface area contributed by atoms with E-state index >= 15 is 0 Å². The summed E-state index contributed by atoms with van der Waals surface area (Å²) in [6.45, 7) is 6.84. The zero-order chi connectivity index (χ0) is 13.2. The van der Waals surface area contributed by atoms with Crippen LogP contribution < -0.4 is 10.6 Å². The number of rotatable bonds is 3. The van der Waals surface area contributed by atoms with E-state index in [1.165, 1.54) is 25.7 Å². The summed E-state index contributed by atoms with van der Waals surface area (Å²) < 4.78 is 0. The Bertz CT molecular complexity index is 403. The highest BCUT2D eigenvalue weighted by atomic mass is 35.5. The molecular formula is C15H23ClN2. The normalized spacial score (nSPS) is 18.9. The molecule has 0 aliphatic carbocycles. The number of halogens is 1. The molecule has 2 nitrogen and oxygen atoms in total. The molecule has 3 heteroatoms. The van der Waals surface area contributed by atoms with Crippen LogP contribution in [0, 0.1) is 5.41 Å². The summed E-state index contributed by atoms with van der Waals surface area (Å²) in [6, 6.07) is 5.82. The topological polar surface area (TPSA) is 29.3 Å². The number of piperidine rings is 1. The van der Waals surface area contributed by atoms with Gasteiger partial charge in [0.05, 0.1) is 11.4 Å². The quantitative estimate of drug-likeness (QED) is 0.825. The molecule has 0 radical (unpaired) electrons. The molecule has 0 amide bonds. The molecule has 1 saturated heterocycles. The fourth-order valence-electron chi connectivity index (χ4n) is 2.99. The van der Waals surface area contributed by atoms with E-state index in [1.807, 2.05) is 18.2 Å². The van der Waals surface area contributed by atoms with Crippen LogP contribution in [0.25, 0.3) is 0 Å². The maximum Gasteiger partial charge on any atom is 0.0600 e. The fraction of sp³-hybridized carbons (Fsp3) is 0.600. The van der Waals surface area contributed by atoms with Gasteiger partial charge in [-0.3, -0.25) is 0 Å². The van der Waals surface area contributed by atoms with E-state index in [4.69, 9.17) is 17.3 Å². The van der Waals surface area contributed by atoms with Gasteiger partial charge in [0.25, 0.3) is 0 Å². The Balaban J connectivity index is 2.10. The van der Waals surface area contributed by atoms with Crippen LogP contribution in [-0.4, -0.2) is 13.1 Å². The second-order valence-electron chi connectivity index (χ2n) is 5.40. The van der Waals surface area contributed by atoms with Crippen molar-refractivity contribution >= 4 is 23.0 Å². The van der Waals surface area contributed by atoms with Crippen molar-refractivity contribution in [3.05, 3.63) is 23.2 Å². The van der Waals surface area contributed by atoms with Crippen LogP contribution >= 0.6 is 11.6 Å². The molecule has 0 atom stereocenters. The second kappa shape index (κ2) is 5.40. The summed E-state index contributed by atoms with van der Waals surface area (Å²) in [5, 5.41) is 0.713. The summed E-state index contributed by atoms with van der Waals surface area (Å²) in [6.07, 6.45) is 5.10. The number of benzene rings is 1. The first-order valence-corrected chi connectivity index (χ1v) is 7.28. The van der Waals surface area contributed by atoms with Gasteiger partial charge in [0, 0.05) is 18.1 Å². The largest absolute Gasteiger partial charge is 0.397 e. The van der Waals surface area contributed by atoms with Crippen molar-refractivity contribution in [3.63, 3.8) is 0 Å². The molecule has 2 rings (SSSR count). The molecule has 0 aromatic heterocycles. The molecular weight excluding hydrogens is 244 g/mol. The highest BCUT2D eigenvalue weighted by molar-refractivity contribution is 6.31. The minimum absolute atomic E-state index is 0.553. The fourth-order valence-corrected chi connectivity index (χ4v) is 3.17. The molecule has 0 saturated carbocycles. The third-order valence-corrected chi connectivity index (χ3v) is 4.89. The van der Waals surface area contributed by atoms with Gasteiger partial charge in [-0.05, 0) is 36.5 Å². The van der Waals surface area contributed by atoms with E-state index < -0.39 is 0 Å². The lowest BCUT2D eigenvalue weighted by Crippen LogP contribution is -2.39. The van der Waals surface area contributed by atoms with Crippen LogP contribution in [0.4, 0.5) is 11.4 Å². The van der Waals surface area contributed by atoms with Gasteiger partial charge in [0.2, 0.25) is 0 Å². The highest BCUT2D eigenvalue weighted by Crippen LogP contribution is 2.40. The average molecular weight is 267 g/mol. The van der Waals surface area contributed by atoms with Crippen molar-refractivity contribution in [2.45, 2.75) is 39.5 Å². The number of nitrogen functional groups attached to an aromatic ring is 1. The number of hydrogen-bond donors (Lipinski definition) is 1. The third kappa shape index (κ3) is 2.59. The van der Waals surface area contributed by atoms with Gasteiger partial charge in [0.15, 0.2) is 0 Å². The van der Waals surface area contributed by atoms with Crippen LogP contribution in [-0.2, 0) is 0 Å². The van der Waals surface area contributed by atoms with Gasteiger partial charge in [-0.25, -0.2) is 0 Å². The molecule has 1 aromatic rings. The molecule has 2 N–H and O–H groups in total. The maximum atomic E-state index is 6.06. The second-order valence-corrected chi connectivity index (χ2v) is 5.83. The molecule has 18 heavy (non-hydrogen) atoms. The van der Waals surface area contributed by atoms with E-state index in [1.54, 1.807) is 0 Å². The Labute approximate surface area is 115 Å². The summed E-state index contributed by atoms with van der Waals surface area (Å²) >= 11 is 5.95. The predicted octanol–water partition coefficient (Wildman–Crippen LogP) is 4.33. The third-order valence-electron chi connectivity index (χ3n) is 4.65. The van der Waals surface area contributed by atoms with Gasteiger partial charge in [-0.15, -0.1) is 0 Å².